The molecule has 1 aliphatic heterocycles. The van der Waals surface area contributed by atoms with Gasteiger partial charge in [0.2, 0.25) is 5.91 Å². The predicted molar refractivity (Wildman–Crippen MR) is 75.3 cm³/mol. The SMILES string of the molecule is C=C(C)CN(CC)C(=O)CN1CCOC(C(=O)OC)C1. The van der Waals surface area contributed by atoms with Crippen molar-refractivity contribution in [2.24, 2.45) is 0 Å². The van der Waals surface area contributed by atoms with Crippen LogP contribution in [0.5, 0.6) is 0 Å². The van der Waals surface area contributed by atoms with Gasteiger partial charge in [-0.25, -0.2) is 4.79 Å². The number of methoxy groups -OCH3 is 1. The van der Waals surface area contributed by atoms with E-state index in [1.165, 1.54) is 7.11 Å². The number of carbonyl (C=O) groups is 2. The molecular formula is C14H24N2O4. The van der Waals surface area contributed by atoms with Gasteiger partial charge >= 0.3 is 5.97 Å². The van der Waals surface area contributed by atoms with Gasteiger partial charge in [-0.3, -0.25) is 9.69 Å². The lowest BCUT2D eigenvalue weighted by atomic mass is 10.2. The van der Waals surface area contributed by atoms with Gasteiger partial charge in [0.1, 0.15) is 0 Å². The number of amides is 1. The molecular weight excluding hydrogens is 260 g/mol. The first-order valence-corrected chi connectivity index (χ1v) is 6.81. The maximum Gasteiger partial charge on any atom is 0.336 e. The average Bonchev–Trinajstić information content (AvgIpc) is 2.43. The molecule has 0 aromatic carbocycles. The van der Waals surface area contributed by atoms with Crippen molar-refractivity contribution in [1.29, 1.82) is 0 Å². The fraction of sp³-hybridized carbons (Fsp3) is 0.714. The highest BCUT2D eigenvalue weighted by atomic mass is 16.6. The van der Waals surface area contributed by atoms with E-state index in [1.807, 2.05) is 18.7 Å². The molecule has 0 N–H and O–H groups in total. The first-order valence-electron chi connectivity index (χ1n) is 6.81. The molecule has 6 heteroatoms. The van der Waals surface area contributed by atoms with Crippen molar-refractivity contribution in [2.45, 2.75) is 20.0 Å². The molecule has 1 heterocycles. The number of hydrogen-bond donors (Lipinski definition) is 0. The van der Waals surface area contributed by atoms with Crippen LogP contribution in [0, 0.1) is 0 Å². The van der Waals surface area contributed by atoms with Crippen molar-refractivity contribution in [1.82, 2.24) is 9.80 Å². The Bertz CT molecular complexity index is 370. The van der Waals surface area contributed by atoms with E-state index in [4.69, 9.17) is 4.74 Å². The van der Waals surface area contributed by atoms with Crippen LogP contribution in [0.3, 0.4) is 0 Å². The van der Waals surface area contributed by atoms with E-state index in [-0.39, 0.29) is 12.5 Å². The number of rotatable bonds is 6. The van der Waals surface area contributed by atoms with Crippen LogP contribution in [0.1, 0.15) is 13.8 Å². The van der Waals surface area contributed by atoms with Crippen molar-refractivity contribution < 1.29 is 19.1 Å². The van der Waals surface area contributed by atoms with Gasteiger partial charge in [0, 0.05) is 26.2 Å². The van der Waals surface area contributed by atoms with E-state index in [0.29, 0.717) is 32.8 Å². The summed E-state index contributed by atoms with van der Waals surface area (Å²) >= 11 is 0. The van der Waals surface area contributed by atoms with Crippen LogP contribution >= 0.6 is 0 Å². The first kappa shape index (κ1) is 16.7. The standard InChI is InChI=1S/C14H24N2O4/c1-5-16(8-11(2)3)13(17)10-15-6-7-20-12(9-15)14(18)19-4/h12H,2,5-10H2,1,3-4H3. The van der Waals surface area contributed by atoms with Crippen LogP contribution < -0.4 is 0 Å². The normalized spacial score (nSPS) is 19.4. The number of likely N-dealkylation sites (N-methyl/N-ethyl adjacent to an activating group) is 1. The third-order valence-corrected chi connectivity index (χ3v) is 3.17. The van der Waals surface area contributed by atoms with Crippen molar-refractivity contribution in [3.8, 4) is 0 Å². The first-order chi connectivity index (χ1) is 9.47. The summed E-state index contributed by atoms with van der Waals surface area (Å²) in [5, 5.41) is 0. The summed E-state index contributed by atoms with van der Waals surface area (Å²) in [7, 11) is 1.33. The molecule has 1 atom stereocenters. The fourth-order valence-electron chi connectivity index (χ4n) is 2.11. The average molecular weight is 284 g/mol. The molecule has 0 aromatic rings. The summed E-state index contributed by atoms with van der Waals surface area (Å²) in [5.41, 5.74) is 0.953. The second-order valence-corrected chi connectivity index (χ2v) is 4.98. The van der Waals surface area contributed by atoms with Gasteiger partial charge in [-0.15, -0.1) is 0 Å². The van der Waals surface area contributed by atoms with Crippen LogP contribution in [0.2, 0.25) is 0 Å². The minimum absolute atomic E-state index is 0.0426. The monoisotopic (exact) mass is 284 g/mol. The van der Waals surface area contributed by atoms with E-state index >= 15 is 0 Å². The minimum atomic E-state index is -0.599. The number of nitrogens with zero attached hydrogens (tertiary/aromatic N) is 2. The van der Waals surface area contributed by atoms with Crippen LogP contribution in [-0.4, -0.2) is 74.2 Å². The molecule has 1 fully saturated rings. The topological polar surface area (TPSA) is 59.1 Å². The van der Waals surface area contributed by atoms with Gasteiger partial charge in [-0.1, -0.05) is 12.2 Å². The second kappa shape index (κ2) is 8.01. The van der Waals surface area contributed by atoms with Gasteiger partial charge in [0.25, 0.3) is 0 Å². The van der Waals surface area contributed by atoms with Gasteiger partial charge in [-0.2, -0.15) is 0 Å². The third-order valence-electron chi connectivity index (χ3n) is 3.17. The summed E-state index contributed by atoms with van der Waals surface area (Å²) in [6.45, 7) is 10.6. The Kier molecular flexibility index (Phi) is 6.67. The largest absolute Gasteiger partial charge is 0.467 e. The molecule has 1 aliphatic rings. The third kappa shape index (κ3) is 4.94. The molecule has 20 heavy (non-hydrogen) atoms. The Morgan fingerprint density at radius 1 is 1.50 bits per heavy atom. The van der Waals surface area contributed by atoms with Crippen LogP contribution in [-0.2, 0) is 19.1 Å². The molecule has 1 unspecified atom stereocenters. The number of ether oxygens (including phenoxy) is 2. The lowest BCUT2D eigenvalue weighted by Crippen LogP contribution is -2.50. The van der Waals surface area contributed by atoms with Gasteiger partial charge < -0.3 is 14.4 Å². The summed E-state index contributed by atoms with van der Waals surface area (Å²) in [6.07, 6.45) is -0.599. The van der Waals surface area contributed by atoms with Crippen LogP contribution in [0.15, 0.2) is 12.2 Å². The lowest BCUT2D eigenvalue weighted by molar-refractivity contribution is -0.160. The van der Waals surface area contributed by atoms with Gasteiger partial charge in [0.15, 0.2) is 6.10 Å². The maximum atomic E-state index is 12.2. The quantitative estimate of drug-likeness (QED) is 0.518. The smallest absolute Gasteiger partial charge is 0.336 e. The number of carbonyl (C=O) groups excluding carboxylic acids is 2. The highest BCUT2D eigenvalue weighted by molar-refractivity contribution is 5.79. The molecule has 0 saturated carbocycles. The summed E-state index contributed by atoms with van der Waals surface area (Å²) in [4.78, 5) is 27.3. The highest BCUT2D eigenvalue weighted by Crippen LogP contribution is 2.07. The molecule has 0 aliphatic carbocycles. The Hall–Kier alpha value is -1.40. The van der Waals surface area contributed by atoms with E-state index < -0.39 is 12.1 Å². The molecule has 6 nitrogen and oxygen atoms in total. The zero-order chi connectivity index (χ0) is 15.1. The zero-order valence-corrected chi connectivity index (χ0v) is 12.6. The molecule has 1 saturated heterocycles. The van der Waals surface area contributed by atoms with Gasteiger partial charge in [-0.05, 0) is 13.8 Å². The molecule has 0 radical (unpaired) electrons. The van der Waals surface area contributed by atoms with E-state index in [0.717, 1.165) is 5.57 Å². The Morgan fingerprint density at radius 2 is 2.20 bits per heavy atom. The Balaban J connectivity index is 2.52. The summed E-state index contributed by atoms with van der Waals surface area (Å²) in [5.74, 6) is -0.350. The molecule has 1 rings (SSSR count). The van der Waals surface area contributed by atoms with Gasteiger partial charge in [0.05, 0.1) is 20.3 Å². The Labute approximate surface area is 120 Å². The van der Waals surface area contributed by atoms with Crippen LogP contribution in [0.25, 0.3) is 0 Å². The number of hydrogen-bond acceptors (Lipinski definition) is 5. The summed E-state index contributed by atoms with van der Waals surface area (Å²) in [6, 6.07) is 0. The minimum Gasteiger partial charge on any atom is -0.467 e. The van der Waals surface area contributed by atoms with E-state index in [1.54, 1.807) is 4.90 Å². The van der Waals surface area contributed by atoms with Crippen LogP contribution in [0.4, 0.5) is 0 Å². The predicted octanol–water partition coefficient (Wildman–Crippen LogP) is 0.285. The fourth-order valence-corrected chi connectivity index (χ4v) is 2.11. The van der Waals surface area contributed by atoms with E-state index in [9.17, 15) is 9.59 Å². The summed E-state index contributed by atoms with van der Waals surface area (Å²) < 4.78 is 10.0. The number of morpholine rings is 1. The van der Waals surface area contributed by atoms with Crippen molar-refractivity contribution in [2.75, 3.05) is 46.4 Å². The molecule has 0 spiro atoms. The van der Waals surface area contributed by atoms with Crippen molar-refractivity contribution >= 4 is 11.9 Å². The Morgan fingerprint density at radius 3 is 2.75 bits per heavy atom. The molecule has 0 bridgehead atoms. The van der Waals surface area contributed by atoms with Crippen molar-refractivity contribution in [3.63, 3.8) is 0 Å². The van der Waals surface area contributed by atoms with Crippen molar-refractivity contribution in [3.05, 3.63) is 12.2 Å². The molecule has 114 valence electrons. The maximum absolute atomic E-state index is 12.2. The molecule has 0 aromatic heterocycles. The van der Waals surface area contributed by atoms with E-state index in [2.05, 4.69) is 11.3 Å². The second-order valence-electron chi connectivity index (χ2n) is 4.98. The number of esters is 1. The zero-order valence-electron chi connectivity index (χ0n) is 12.6. The lowest BCUT2D eigenvalue weighted by Gasteiger charge is -2.32. The molecule has 1 amide bonds. The highest BCUT2D eigenvalue weighted by Gasteiger charge is 2.29.